The third-order valence-corrected chi connectivity index (χ3v) is 4.30. The van der Waals surface area contributed by atoms with Crippen molar-refractivity contribution in [2.75, 3.05) is 12.4 Å². The van der Waals surface area contributed by atoms with Crippen molar-refractivity contribution in [3.63, 3.8) is 0 Å². The first-order valence-electron chi connectivity index (χ1n) is 7.12. The number of ether oxygens (including phenoxy) is 1. The van der Waals surface area contributed by atoms with Crippen molar-refractivity contribution in [2.45, 2.75) is 19.8 Å². The molecule has 1 aromatic carbocycles. The Hall–Kier alpha value is -2.74. The van der Waals surface area contributed by atoms with E-state index in [9.17, 15) is 19.7 Å². The van der Waals surface area contributed by atoms with Crippen molar-refractivity contribution < 1.29 is 19.2 Å². The van der Waals surface area contributed by atoms with Crippen molar-refractivity contribution in [3.8, 4) is 5.75 Å². The summed E-state index contributed by atoms with van der Waals surface area (Å²) >= 11 is 1.39. The molecule has 2 rings (SSSR count). The minimum atomic E-state index is -0.558. The van der Waals surface area contributed by atoms with Crippen LogP contribution < -0.4 is 10.1 Å². The Balaban J connectivity index is 2.00. The number of benzene rings is 1. The number of thiophene rings is 1. The van der Waals surface area contributed by atoms with E-state index in [1.807, 2.05) is 13.0 Å². The molecule has 0 radical (unpaired) electrons. The van der Waals surface area contributed by atoms with E-state index in [4.69, 9.17) is 4.74 Å². The number of non-ortho nitro benzene ring substituents is 1. The third-order valence-electron chi connectivity index (χ3n) is 3.26. The zero-order chi connectivity index (χ0) is 17.7. The van der Waals surface area contributed by atoms with Gasteiger partial charge in [0.15, 0.2) is 5.78 Å². The zero-order valence-electron chi connectivity index (χ0n) is 13.2. The summed E-state index contributed by atoms with van der Waals surface area (Å²) < 4.78 is 5.08. The van der Waals surface area contributed by atoms with Gasteiger partial charge in [-0.25, -0.2) is 0 Å². The number of methoxy groups -OCH3 is 1. The van der Waals surface area contributed by atoms with Crippen LogP contribution in [0.1, 0.15) is 27.4 Å². The summed E-state index contributed by atoms with van der Waals surface area (Å²) in [5, 5.41) is 13.4. The normalized spacial score (nSPS) is 10.2. The first kappa shape index (κ1) is 17.6. The minimum absolute atomic E-state index is 0.0123. The van der Waals surface area contributed by atoms with Crippen LogP contribution in [0.25, 0.3) is 0 Å². The van der Waals surface area contributed by atoms with Gasteiger partial charge in [-0.1, -0.05) is 0 Å². The number of amides is 1. The predicted octanol–water partition coefficient (Wildman–Crippen LogP) is 3.57. The number of nitrogens with one attached hydrogen (secondary N) is 1. The number of carbonyl (C=O) groups is 2. The molecule has 0 saturated heterocycles. The maximum atomic E-state index is 12.0. The number of hydrogen-bond donors (Lipinski definition) is 1. The Morgan fingerprint density at radius 3 is 2.58 bits per heavy atom. The number of hydrogen-bond acceptors (Lipinski definition) is 6. The fourth-order valence-corrected chi connectivity index (χ4v) is 2.89. The molecule has 0 spiro atoms. The standard InChI is InChI=1S/C16H16N2O5S/c1-10-3-7-15(24-10)13(19)5-8-16(20)17-12-9-11(18(21)22)4-6-14(12)23-2/h3-4,6-7,9H,5,8H2,1-2H3,(H,17,20). The second-order valence-electron chi connectivity index (χ2n) is 5.02. The van der Waals surface area contributed by atoms with Gasteiger partial charge in [0.05, 0.1) is 22.6 Å². The number of nitrogens with zero attached hydrogens (tertiary/aromatic N) is 1. The molecule has 0 bridgehead atoms. The molecule has 1 heterocycles. The van der Waals surface area contributed by atoms with Gasteiger partial charge in [0, 0.05) is 29.9 Å². The van der Waals surface area contributed by atoms with Crippen molar-refractivity contribution in [3.05, 3.63) is 50.2 Å². The molecule has 0 unspecified atom stereocenters. The molecule has 0 aliphatic carbocycles. The lowest BCUT2D eigenvalue weighted by atomic mass is 10.2. The van der Waals surface area contributed by atoms with Crippen molar-refractivity contribution in [1.82, 2.24) is 0 Å². The highest BCUT2D eigenvalue weighted by Crippen LogP contribution is 2.29. The van der Waals surface area contributed by atoms with Crippen LogP contribution in [-0.2, 0) is 4.79 Å². The molecular weight excluding hydrogens is 332 g/mol. The lowest BCUT2D eigenvalue weighted by molar-refractivity contribution is -0.384. The van der Waals surface area contributed by atoms with Crippen LogP contribution in [0, 0.1) is 17.0 Å². The number of ketones is 1. The fraction of sp³-hybridized carbons (Fsp3) is 0.250. The molecule has 1 amide bonds. The summed E-state index contributed by atoms with van der Waals surface area (Å²) in [6.07, 6.45) is 0.0602. The Morgan fingerprint density at radius 1 is 1.25 bits per heavy atom. The Kier molecular flexibility index (Phi) is 5.64. The molecule has 1 N–H and O–H groups in total. The van der Waals surface area contributed by atoms with E-state index in [1.54, 1.807) is 6.07 Å². The summed E-state index contributed by atoms with van der Waals surface area (Å²) in [5.74, 6) is -0.196. The Bertz CT molecular complexity index is 785. The Labute approximate surface area is 142 Å². The van der Waals surface area contributed by atoms with Gasteiger partial charge >= 0.3 is 0 Å². The van der Waals surface area contributed by atoms with Gasteiger partial charge in [-0.05, 0) is 25.1 Å². The SMILES string of the molecule is COc1ccc([N+](=O)[O-])cc1NC(=O)CCC(=O)c1ccc(C)s1. The average molecular weight is 348 g/mol. The van der Waals surface area contributed by atoms with Gasteiger partial charge in [-0.15, -0.1) is 11.3 Å². The predicted molar refractivity (Wildman–Crippen MR) is 90.9 cm³/mol. The molecule has 8 heteroatoms. The summed E-state index contributed by atoms with van der Waals surface area (Å²) in [7, 11) is 1.40. The van der Waals surface area contributed by atoms with E-state index in [0.29, 0.717) is 10.6 Å². The number of Topliss-reactive ketones (excluding diaryl/α,β-unsaturated/α-hetero) is 1. The van der Waals surface area contributed by atoms with Crippen molar-refractivity contribution in [2.24, 2.45) is 0 Å². The van der Waals surface area contributed by atoms with Crippen molar-refractivity contribution in [1.29, 1.82) is 0 Å². The largest absolute Gasteiger partial charge is 0.495 e. The molecular formula is C16H16N2O5S. The number of nitro benzene ring substituents is 1. The van der Waals surface area contributed by atoms with Crippen LogP contribution in [0.5, 0.6) is 5.75 Å². The maximum absolute atomic E-state index is 12.0. The molecule has 126 valence electrons. The molecule has 7 nitrogen and oxygen atoms in total. The monoisotopic (exact) mass is 348 g/mol. The summed E-state index contributed by atoms with van der Waals surface area (Å²) in [4.78, 5) is 35.9. The highest BCUT2D eigenvalue weighted by atomic mass is 32.1. The van der Waals surface area contributed by atoms with E-state index in [-0.39, 0.29) is 30.0 Å². The van der Waals surface area contributed by atoms with E-state index >= 15 is 0 Å². The molecule has 0 aliphatic heterocycles. The average Bonchev–Trinajstić information content (AvgIpc) is 2.99. The Morgan fingerprint density at radius 2 is 2.00 bits per heavy atom. The number of aryl methyl sites for hydroxylation is 1. The molecule has 0 atom stereocenters. The topological polar surface area (TPSA) is 98.5 Å². The summed E-state index contributed by atoms with van der Waals surface area (Å²) in [5.41, 5.74) is 0.0485. The molecule has 0 aliphatic rings. The number of anilines is 1. The van der Waals surface area contributed by atoms with Gasteiger partial charge in [-0.3, -0.25) is 19.7 Å². The third kappa shape index (κ3) is 4.39. The summed E-state index contributed by atoms with van der Waals surface area (Å²) in [6.45, 7) is 1.91. The lowest BCUT2D eigenvalue weighted by Gasteiger charge is -2.09. The van der Waals surface area contributed by atoms with E-state index in [0.717, 1.165) is 4.88 Å². The number of nitro groups is 1. The highest BCUT2D eigenvalue weighted by Gasteiger charge is 2.15. The highest BCUT2D eigenvalue weighted by molar-refractivity contribution is 7.14. The minimum Gasteiger partial charge on any atom is -0.495 e. The van der Waals surface area contributed by atoms with Gasteiger partial charge in [0.2, 0.25) is 5.91 Å². The second kappa shape index (κ2) is 7.69. The molecule has 0 saturated carbocycles. The van der Waals surface area contributed by atoms with Gasteiger partial charge in [0.1, 0.15) is 5.75 Å². The van der Waals surface area contributed by atoms with Crippen molar-refractivity contribution >= 4 is 34.4 Å². The van der Waals surface area contributed by atoms with Crippen LogP contribution in [0.4, 0.5) is 11.4 Å². The molecule has 1 aromatic heterocycles. The van der Waals surface area contributed by atoms with E-state index in [1.165, 1.54) is 36.6 Å². The lowest BCUT2D eigenvalue weighted by Crippen LogP contribution is -2.14. The first-order chi connectivity index (χ1) is 11.4. The quantitative estimate of drug-likeness (QED) is 0.468. The first-order valence-corrected chi connectivity index (χ1v) is 7.94. The van der Waals surface area contributed by atoms with E-state index in [2.05, 4.69) is 5.32 Å². The molecule has 2 aromatic rings. The van der Waals surface area contributed by atoms with Gasteiger partial charge in [0.25, 0.3) is 5.69 Å². The van der Waals surface area contributed by atoms with E-state index < -0.39 is 10.8 Å². The smallest absolute Gasteiger partial charge is 0.271 e. The number of carbonyl (C=O) groups excluding carboxylic acids is 2. The number of rotatable bonds is 7. The van der Waals surface area contributed by atoms with Crippen LogP contribution in [0.3, 0.4) is 0 Å². The molecule has 0 fully saturated rings. The van der Waals surface area contributed by atoms with Crippen LogP contribution >= 0.6 is 11.3 Å². The second-order valence-corrected chi connectivity index (χ2v) is 6.31. The van der Waals surface area contributed by atoms with Crippen LogP contribution in [0.15, 0.2) is 30.3 Å². The van der Waals surface area contributed by atoms with Gasteiger partial charge in [-0.2, -0.15) is 0 Å². The summed E-state index contributed by atoms with van der Waals surface area (Å²) in [6, 6.07) is 7.52. The fourth-order valence-electron chi connectivity index (χ4n) is 2.05. The maximum Gasteiger partial charge on any atom is 0.271 e. The zero-order valence-corrected chi connectivity index (χ0v) is 14.0. The van der Waals surface area contributed by atoms with Crippen LogP contribution in [-0.4, -0.2) is 23.7 Å². The molecule has 24 heavy (non-hydrogen) atoms. The van der Waals surface area contributed by atoms with Crippen LogP contribution in [0.2, 0.25) is 0 Å². The van der Waals surface area contributed by atoms with Gasteiger partial charge < -0.3 is 10.1 Å².